The molecule has 23 heavy (non-hydrogen) atoms. The van der Waals surface area contributed by atoms with E-state index < -0.39 is 22.0 Å². The van der Waals surface area contributed by atoms with Crippen LogP contribution in [-0.4, -0.2) is 26.1 Å². The Morgan fingerprint density at radius 1 is 1.13 bits per heavy atom. The molecule has 0 aliphatic rings. The lowest BCUT2D eigenvalue weighted by molar-refractivity contribution is -0.171. The van der Waals surface area contributed by atoms with Crippen molar-refractivity contribution in [3.05, 3.63) is 23.8 Å². The van der Waals surface area contributed by atoms with Crippen molar-refractivity contribution in [2.75, 3.05) is 15.7 Å². The molecule has 8 nitrogen and oxygen atoms in total. The van der Waals surface area contributed by atoms with E-state index in [2.05, 4.69) is 4.72 Å². The van der Waals surface area contributed by atoms with Crippen LogP contribution in [0.3, 0.4) is 0 Å². The van der Waals surface area contributed by atoms with E-state index in [1.165, 1.54) is 6.92 Å². The van der Waals surface area contributed by atoms with Gasteiger partial charge in [-0.2, -0.15) is 0 Å². The number of anilines is 2. The summed E-state index contributed by atoms with van der Waals surface area (Å²) < 4.78 is 26.0. The molecule has 0 atom stereocenters. The predicted octanol–water partition coefficient (Wildman–Crippen LogP) is 1.77. The number of carbonyl (C=O) groups excluding carboxylic acids is 2. The fraction of sp³-hybridized carbons (Fsp3) is 0.429. The van der Waals surface area contributed by atoms with Gasteiger partial charge >= 0.3 is 11.9 Å². The fourth-order valence-electron chi connectivity index (χ4n) is 1.80. The first kappa shape index (κ1) is 18.8. The summed E-state index contributed by atoms with van der Waals surface area (Å²) in [5, 5.41) is 0.688. The Morgan fingerprint density at radius 2 is 1.70 bits per heavy atom. The second-order valence-corrected chi connectivity index (χ2v) is 6.60. The van der Waals surface area contributed by atoms with Crippen LogP contribution in [0.4, 0.5) is 11.4 Å². The maximum Gasteiger partial charge on any atom is 0.333 e. The average molecular weight is 344 g/mol. The molecule has 0 spiro atoms. The monoisotopic (exact) mass is 344 g/mol. The number of hydrogen-bond donors (Lipinski definition) is 1. The quantitative estimate of drug-likeness (QED) is 0.752. The van der Waals surface area contributed by atoms with Gasteiger partial charge in [-0.3, -0.25) is 4.72 Å². The van der Waals surface area contributed by atoms with Gasteiger partial charge in [0.25, 0.3) is 0 Å². The van der Waals surface area contributed by atoms with Gasteiger partial charge in [0.15, 0.2) is 0 Å². The van der Waals surface area contributed by atoms with E-state index in [-0.39, 0.29) is 11.4 Å². The molecule has 1 N–H and O–H groups in total. The minimum absolute atomic E-state index is 0.0853. The minimum atomic E-state index is -3.48. The van der Waals surface area contributed by atoms with Crippen molar-refractivity contribution < 1.29 is 27.7 Å². The van der Waals surface area contributed by atoms with Gasteiger partial charge in [0.1, 0.15) is 5.69 Å². The van der Waals surface area contributed by atoms with Gasteiger partial charge in [0.05, 0.1) is 11.4 Å². The van der Waals surface area contributed by atoms with Crippen molar-refractivity contribution in [3.8, 4) is 0 Å². The average Bonchev–Trinajstić information content (AvgIpc) is 2.45. The summed E-state index contributed by atoms with van der Waals surface area (Å²) in [5.41, 5.74) is 1.11. The van der Waals surface area contributed by atoms with Crippen molar-refractivity contribution in [2.45, 2.75) is 34.1 Å². The van der Waals surface area contributed by atoms with Crippen molar-refractivity contribution in [3.63, 3.8) is 0 Å². The summed E-state index contributed by atoms with van der Waals surface area (Å²) in [4.78, 5) is 32.2. The Kier molecular flexibility index (Phi) is 6.38. The molecule has 1 aromatic carbocycles. The topological polar surface area (TPSA) is 102 Å². The van der Waals surface area contributed by atoms with Crippen LogP contribution in [0.15, 0.2) is 18.2 Å². The Labute approximate surface area is 135 Å². The smallest absolute Gasteiger partial charge is 0.306 e. The lowest BCUT2D eigenvalue weighted by atomic mass is 10.1. The third kappa shape index (κ3) is 5.44. The van der Waals surface area contributed by atoms with Gasteiger partial charge in [-0.05, 0) is 30.7 Å². The SMILES string of the molecule is CCc1c(NS(=O)(=O)CC)cccc1N(OC(C)=O)OC(C)=O. The molecule has 1 aromatic rings. The summed E-state index contributed by atoms with van der Waals surface area (Å²) in [6, 6.07) is 4.69. The molecule has 0 aliphatic heterocycles. The third-order valence-electron chi connectivity index (χ3n) is 2.77. The van der Waals surface area contributed by atoms with Crippen molar-refractivity contribution in [1.82, 2.24) is 0 Å². The van der Waals surface area contributed by atoms with Crippen LogP contribution in [0, 0.1) is 0 Å². The number of benzene rings is 1. The summed E-state index contributed by atoms with van der Waals surface area (Å²) in [5.74, 6) is -1.46. The third-order valence-corrected chi connectivity index (χ3v) is 4.06. The van der Waals surface area contributed by atoms with Crippen LogP contribution in [0.5, 0.6) is 0 Å². The van der Waals surface area contributed by atoms with Gasteiger partial charge in [-0.1, -0.05) is 13.0 Å². The Bertz CT molecular complexity index is 671. The molecule has 0 fully saturated rings. The maximum atomic E-state index is 11.8. The molecular weight excluding hydrogens is 324 g/mol. The van der Waals surface area contributed by atoms with E-state index in [0.29, 0.717) is 22.9 Å². The molecule has 1 rings (SSSR count). The van der Waals surface area contributed by atoms with E-state index in [1.807, 2.05) is 0 Å². The lowest BCUT2D eigenvalue weighted by Crippen LogP contribution is -2.29. The Hall–Kier alpha value is -2.29. The van der Waals surface area contributed by atoms with Crippen LogP contribution in [0.1, 0.15) is 33.3 Å². The first-order valence-electron chi connectivity index (χ1n) is 6.99. The first-order valence-corrected chi connectivity index (χ1v) is 8.65. The number of nitrogens with zero attached hydrogens (tertiary/aromatic N) is 1. The van der Waals surface area contributed by atoms with Crippen LogP contribution < -0.4 is 9.95 Å². The van der Waals surface area contributed by atoms with E-state index in [4.69, 9.17) is 9.68 Å². The molecule has 0 saturated heterocycles. The predicted molar refractivity (Wildman–Crippen MR) is 84.9 cm³/mol. The molecule has 0 saturated carbocycles. The molecule has 0 radical (unpaired) electrons. The normalized spacial score (nSPS) is 10.8. The lowest BCUT2D eigenvalue weighted by Gasteiger charge is -2.23. The molecule has 0 unspecified atom stereocenters. The zero-order chi connectivity index (χ0) is 17.6. The zero-order valence-electron chi connectivity index (χ0n) is 13.5. The summed E-state index contributed by atoms with van der Waals surface area (Å²) >= 11 is 0. The maximum absolute atomic E-state index is 11.8. The molecule has 0 amide bonds. The van der Waals surface area contributed by atoms with E-state index in [9.17, 15) is 18.0 Å². The Balaban J connectivity index is 3.33. The zero-order valence-corrected chi connectivity index (χ0v) is 14.3. The summed E-state index contributed by atoms with van der Waals surface area (Å²) in [7, 11) is -3.48. The molecule has 0 bridgehead atoms. The molecular formula is C14H20N2O6S. The first-order chi connectivity index (χ1) is 10.7. The van der Waals surface area contributed by atoms with Crippen molar-refractivity contribution in [1.29, 1.82) is 0 Å². The highest BCUT2D eigenvalue weighted by Gasteiger charge is 2.21. The molecule has 128 valence electrons. The van der Waals surface area contributed by atoms with Gasteiger partial charge < -0.3 is 9.68 Å². The van der Waals surface area contributed by atoms with Gasteiger partial charge in [0, 0.05) is 19.4 Å². The molecule has 0 aromatic heterocycles. The fourth-order valence-corrected chi connectivity index (χ4v) is 2.47. The highest BCUT2D eigenvalue weighted by atomic mass is 32.2. The highest BCUT2D eigenvalue weighted by Crippen LogP contribution is 2.29. The minimum Gasteiger partial charge on any atom is -0.306 e. The second kappa shape index (κ2) is 7.82. The molecule has 9 heteroatoms. The largest absolute Gasteiger partial charge is 0.333 e. The number of hydrogen-bond acceptors (Lipinski definition) is 7. The van der Waals surface area contributed by atoms with Crippen molar-refractivity contribution >= 4 is 33.3 Å². The summed E-state index contributed by atoms with van der Waals surface area (Å²) in [6.45, 7) is 5.63. The molecule has 0 aliphatic carbocycles. The number of nitrogens with one attached hydrogen (secondary N) is 1. The van der Waals surface area contributed by atoms with E-state index in [1.54, 1.807) is 25.1 Å². The van der Waals surface area contributed by atoms with Gasteiger partial charge in [-0.15, -0.1) is 0 Å². The Morgan fingerprint density at radius 3 is 2.13 bits per heavy atom. The number of carbonyl (C=O) groups is 2. The van der Waals surface area contributed by atoms with E-state index in [0.717, 1.165) is 13.8 Å². The number of sulfonamides is 1. The number of rotatable bonds is 7. The van der Waals surface area contributed by atoms with Crippen LogP contribution in [0.2, 0.25) is 0 Å². The van der Waals surface area contributed by atoms with Crippen molar-refractivity contribution in [2.24, 2.45) is 0 Å². The second-order valence-electron chi connectivity index (χ2n) is 4.59. The van der Waals surface area contributed by atoms with E-state index >= 15 is 0 Å². The summed E-state index contributed by atoms with van der Waals surface area (Å²) in [6.07, 6.45) is 0.413. The van der Waals surface area contributed by atoms with Crippen LogP contribution >= 0.6 is 0 Å². The molecule has 0 heterocycles. The van der Waals surface area contributed by atoms with Crippen LogP contribution in [0.25, 0.3) is 0 Å². The van der Waals surface area contributed by atoms with Gasteiger partial charge in [-0.25, -0.2) is 18.0 Å². The van der Waals surface area contributed by atoms with Crippen LogP contribution in [-0.2, 0) is 35.7 Å². The van der Waals surface area contributed by atoms with Gasteiger partial charge in [0.2, 0.25) is 10.0 Å². The standard InChI is InChI=1S/C14H20N2O6S/c1-5-12-13(15-23(19,20)6-2)8-7-9-14(12)16(21-10(3)17)22-11(4)18/h7-9,15H,5-6H2,1-4H3. The highest BCUT2D eigenvalue weighted by molar-refractivity contribution is 7.92.